The topological polar surface area (TPSA) is 58.5 Å². The summed E-state index contributed by atoms with van der Waals surface area (Å²) < 4.78 is 66.1. The first-order chi connectivity index (χ1) is 12.6. The fourth-order valence-corrected chi connectivity index (χ4v) is 4.73. The Morgan fingerprint density at radius 3 is 2.59 bits per heavy atom. The first kappa shape index (κ1) is 22.0. The minimum atomic E-state index is -3.87. The molecule has 0 radical (unpaired) electrons. The molecule has 1 aliphatic rings. The average molecular weight is 421 g/mol. The molecule has 0 spiro atoms. The van der Waals surface area contributed by atoms with Crippen LogP contribution in [0.3, 0.4) is 0 Å². The van der Waals surface area contributed by atoms with E-state index in [-0.39, 0.29) is 16.2 Å². The summed E-state index contributed by atoms with van der Waals surface area (Å²) in [7, 11) is -3.87. The Morgan fingerprint density at radius 1 is 1.41 bits per heavy atom. The Kier molecular flexibility index (Phi) is 7.15. The van der Waals surface area contributed by atoms with E-state index in [2.05, 4.69) is 16.3 Å². The van der Waals surface area contributed by atoms with Crippen molar-refractivity contribution >= 4 is 26.8 Å². The molecule has 0 aromatic heterocycles. The molecule has 9 heteroatoms. The van der Waals surface area contributed by atoms with Crippen molar-refractivity contribution in [2.75, 3.05) is 13.2 Å². The molecular formula is C18H23F3N2O2S2. The van der Waals surface area contributed by atoms with E-state index in [1.807, 2.05) is 0 Å². The second kappa shape index (κ2) is 8.79. The molecule has 1 aliphatic carbocycles. The number of halogens is 3. The molecule has 1 N–H and O–H groups in total. The monoisotopic (exact) mass is 420 g/mol. The number of nitrogens with zero attached hydrogens (tertiary/aromatic N) is 1. The molecule has 0 bridgehead atoms. The zero-order valence-corrected chi connectivity index (χ0v) is 16.9. The lowest BCUT2D eigenvalue weighted by Crippen LogP contribution is -2.38. The molecule has 1 aromatic rings. The molecule has 1 fully saturated rings. The van der Waals surface area contributed by atoms with Crippen LogP contribution in [0, 0.1) is 6.92 Å². The largest absolute Gasteiger partial charge is 0.283 e. The average Bonchev–Trinajstić information content (AvgIpc) is 3.36. The van der Waals surface area contributed by atoms with Crippen LogP contribution in [0.15, 0.2) is 39.6 Å². The van der Waals surface area contributed by atoms with Gasteiger partial charge in [0.1, 0.15) is 6.67 Å². The number of allylic oxidation sites excluding steroid dienone is 1. The maximum absolute atomic E-state index is 13.1. The van der Waals surface area contributed by atoms with Crippen molar-refractivity contribution in [3.05, 3.63) is 40.8 Å². The van der Waals surface area contributed by atoms with Crippen LogP contribution < -0.4 is 4.72 Å². The fraction of sp³-hybridized carbons (Fsp3) is 0.500. The van der Waals surface area contributed by atoms with Crippen molar-refractivity contribution in [3.63, 3.8) is 0 Å². The van der Waals surface area contributed by atoms with Crippen molar-refractivity contribution in [2.24, 2.45) is 4.99 Å². The van der Waals surface area contributed by atoms with Crippen molar-refractivity contribution in [3.8, 4) is 0 Å². The van der Waals surface area contributed by atoms with Crippen LogP contribution in [0.1, 0.15) is 30.9 Å². The molecule has 150 valence electrons. The molecule has 0 atom stereocenters. The number of sulfonamides is 1. The normalized spacial score (nSPS) is 16.6. The fourth-order valence-electron chi connectivity index (χ4n) is 2.42. The van der Waals surface area contributed by atoms with E-state index >= 15 is 0 Å². The van der Waals surface area contributed by atoms with E-state index in [1.54, 1.807) is 19.9 Å². The van der Waals surface area contributed by atoms with Gasteiger partial charge in [-0.25, -0.2) is 26.3 Å². The zero-order valence-electron chi connectivity index (χ0n) is 15.3. The highest BCUT2D eigenvalue weighted by atomic mass is 32.2. The lowest BCUT2D eigenvalue weighted by molar-refractivity contribution is 0.200. The highest BCUT2D eigenvalue weighted by Crippen LogP contribution is 2.37. The Bertz CT molecular complexity index is 835. The van der Waals surface area contributed by atoms with Gasteiger partial charge in [-0.3, -0.25) is 4.99 Å². The number of thioether (sulfide) groups is 1. The quantitative estimate of drug-likeness (QED) is 0.480. The minimum absolute atomic E-state index is 0.0244. The molecule has 0 saturated heterocycles. The summed E-state index contributed by atoms with van der Waals surface area (Å²) in [6, 6.07) is 4.59. The van der Waals surface area contributed by atoms with Crippen molar-refractivity contribution in [2.45, 2.75) is 50.0 Å². The van der Waals surface area contributed by atoms with Gasteiger partial charge < -0.3 is 0 Å². The van der Waals surface area contributed by atoms with Crippen LogP contribution in [0.5, 0.6) is 0 Å². The smallest absolute Gasteiger partial charge is 0.269 e. The number of hydrogen-bond donors (Lipinski definition) is 1. The van der Waals surface area contributed by atoms with Crippen molar-refractivity contribution in [1.29, 1.82) is 0 Å². The van der Waals surface area contributed by atoms with Gasteiger partial charge in [0.2, 0.25) is 10.0 Å². The van der Waals surface area contributed by atoms with E-state index in [9.17, 15) is 21.6 Å². The van der Waals surface area contributed by atoms with Crippen LogP contribution in [-0.4, -0.2) is 38.6 Å². The molecule has 0 aliphatic heterocycles. The van der Waals surface area contributed by atoms with Crippen LogP contribution in [0.25, 0.3) is 0 Å². The molecule has 27 heavy (non-hydrogen) atoms. The van der Waals surface area contributed by atoms with Crippen LogP contribution in [0.4, 0.5) is 13.2 Å². The Hall–Kier alpha value is -1.32. The van der Waals surface area contributed by atoms with Gasteiger partial charge in [0.25, 0.3) is 6.43 Å². The van der Waals surface area contributed by atoms with Gasteiger partial charge in [-0.1, -0.05) is 24.4 Å². The third-order valence-electron chi connectivity index (χ3n) is 4.26. The number of aryl methyl sites for hydroxylation is 1. The third kappa shape index (κ3) is 5.83. The van der Waals surface area contributed by atoms with E-state index in [4.69, 9.17) is 0 Å². The van der Waals surface area contributed by atoms with Crippen LogP contribution in [-0.2, 0) is 16.4 Å². The molecule has 0 amide bonds. The van der Waals surface area contributed by atoms with Crippen LogP contribution in [0.2, 0.25) is 0 Å². The Balaban J connectivity index is 2.25. The minimum Gasteiger partial charge on any atom is -0.283 e. The van der Waals surface area contributed by atoms with E-state index in [0.717, 1.165) is 17.3 Å². The van der Waals surface area contributed by atoms with Gasteiger partial charge in [-0.2, -0.15) is 0 Å². The molecular weight excluding hydrogens is 397 g/mol. The van der Waals surface area contributed by atoms with E-state index < -0.39 is 28.7 Å². The summed E-state index contributed by atoms with van der Waals surface area (Å²) in [6.45, 7) is 6.60. The first-order valence-electron chi connectivity index (χ1n) is 8.50. The summed E-state index contributed by atoms with van der Waals surface area (Å²) in [4.78, 5) is 3.95. The first-order valence-corrected chi connectivity index (χ1v) is 10.8. The molecule has 0 unspecified atom stereocenters. The maximum Gasteiger partial charge on any atom is 0.269 e. The maximum atomic E-state index is 13.1. The van der Waals surface area contributed by atoms with Gasteiger partial charge in [-0.05, 0) is 49.9 Å². The number of rotatable bonds is 9. The second-order valence-corrected chi connectivity index (χ2v) is 9.40. The SMILES string of the molecule is C=C(SC(Cc1cc(S(=O)(=O)NC2(CF)CC2)ccc1C)=NCC)C(F)F. The van der Waals surface area contributed by atoms with E-state index in [1.165, 1.54) is 12.1 Å². The number of hydrogen-bond acceptors (Lipinski definition) is 4. The summed E-state index contributed by atoms with van der Waals surface area (Å²) >= 11 is 0.809. The molecule has 0 heterocycles. The number of aliphatic imine (C=N–C) groups is 1. The third-order valence-corrected chi connectivity index (χ3v) is 6.79. The number of alkyl halides is 3. The van der Waals surface area contributed by atoms with E-state index in [0.29, 0.717) is 30.0 Å². The highest BCUT2D eigenvalue weighted by Gasteiger charge is 2.46. The van der Waals surface area contributed by atoms with Gasteiger partial charge in [0.05, 0.1) is 15.5 Å². The van der Waals surface area contributed by atoms with Crippen LogP contribution >= 0.6 is 11.8 Å². The van der Waals surface area contributed by atoms with Gasteiger partial charge >= 0.3 is 0 Å². The Labute approximate surface area is 162 Å². The summed E-state index contributed by atoms with van der Waals surface area (Å²) in [6.07, 6.45) is -1.50. The van der Waals surface area contributed by atoms with Gasteiger partial charge in [-0.15, -0.1) is 0 Å². The zero-order chi connectivity index (χ0) is 20.2. The highest BCUT2D eigenvalue weighted by molar-refractivity contribution is 8.17. The van der Waals surface area contributed by atoms with Crippen molar-refractivity contribution < 1.29 is 21.6 Å². The summed E-state index contributed by atoms with van der Waals surface area (Å²) in [5.74, 6) is 0. The summed E-state index contributed by atoms with van der Waals surface area (Å²) in [5.41, 5.74) is 0.487. The molecule has 4 nitrogen and oxygen atoms in total. The molecule has 1 saturated carbocycles. The predicted octanol–water partition coefficient (Wildman–Crippen LogP) is 4.25. The Morgan fingerprint density at radius 2 is 2.07 bits per heavy atom. The second-order valence-electron chi connectivity index (χ2n) is 6.52. The molecule has 1 aromatic carbocycles. The number of nitrogens with one attached hydrogen (secondary N) is 1. The predicted molar refractivity (Wildman–Crippen MR) is 104 cm³/mol. The lowest BCUT2D eigenvalue weighted by atomic mass is 10.1. The van der Waals surface area contributed by atoms with Gasteiger partial charge in [0, 0.05) is 17.9 Å². The molecule has 2 rings (SSSR count). The van der Waals surface area contributed by atoms with Gasteiger partial charge in [0.15, 0.2) is 0 Å². The summed E-state index contributed by atoms with van der Waals surface area (Å²) in [5, 5.41) is 0.441. The standard InChI is InChI=1S/C18H23F3N2O2S2/c1-4-22-16(26-13(3)17(20)21)10-14-9-15(6-5-12(14)2)27(24,25)23-18(11-19)7-8-18/h5-6,9,17,23H,3-4,7-8,10-11H2,1-2H3. The van der Waals surface area contributed by atoms with Crippen molar-refractivity contribution in [1.82, 2.24) is 4.72 Å². The lowest BCUT2D eigenvalue weighted by Gasteiger charge is -2.16. The number of benzene rings is 1.